The SMILES string of the molecule is CCCn1c(=O)[nH]c(=O)c2c(C(=O)NC3(CN)CCCC3)cc(C(C)C)nc21.Cl.Cl. The quantitative estimate of drug-likeness (QED) is 0.611. The molecule has 2 aromatic rings. The third-order valence-corrected chi connectivity index (χ3v) is 5.58. The number of nitrogens with two attached hydrogens (primary N) is 1. The Bertz CT molecular complexity index is 1010. The average Bonchev–Trinajstić information content (AvgIpc) is 3.12. The number of amides is 1. The monoisotopic (exact) mass is 459 g/mol. The predicted octanol–water partition coefficient (Wildman–Crippen LogP) is 2.46. The van der Waals surface area contributed by atoms with Gasteiger partial charge in [0.1, 0.15) is 0 Å². The number of nitrogens with one attached hydrogen (secondary N) is 2. The number of aryl methyl sites for hydroxylation is 1. The molecular formula is C20H31Cl2N5O3. The highest BCUT2D eigenvalue weighted by Gasteiger charge is 2.35. The standard InChI is InChI=1S/C20H29N5O3.2ClH/c1-4-9-25-16-15(18(27)23-19(25)28)13(10-14(22-16)12(2)3)17(26)24-20(11-21)7-5-6-8-20;;/h10,12H,4-9,11,21H2,1-3H3,(H,24,26)(H,23,27,28);2*1H. The molecular weight excluding hydrogens is 429 g/mol. The van der Waals surface area contributed by atoms with Crippen LogP contribution in [0.25, 0.3) is 11.0 Å². The number of nitrogens with zero attached hydrogens (tertiary/aromatic N) is 2. The highest BCUT2D eigenvalue weighted by molar-refractivity contribution is 6.05. The van der Waals surface area contributed by atoms with Gasteiger partial charge >= 0.3 is 5.69 Å². The second-order valence-electron chi connectivity index (χ2n) is 8.00. The molecule has 1 aliphatic carbocycles. The van der Waals surface area contributed by atoms with E-state index in [-0.39, 0.29) is 53.2 Å². The number of pyridine rings is 1. The number of halogens is 2. The Morgan fingerprint density at radius 2 is 1.93 bits per heavy atom. The lowest BCUT2D eigenvalue weighted by molar-refractivity contribution is 0.0904. The van der Waals surface area contributed by atoms with E-state index in [9.17, 15) is 14.4 Å². The number of fused-ring (bicyclic) bond motifs is 1. The molecule has 2 heterocycles. The van der Waals surface area contributed by atoms with Crippen molar-refractivity contribution >= 4 is 41.8 Å². The molecule has 0 unspecified atom stereocenters. The highest BCUT2D eigenvalue weighted by atomic mass is 35.5. The van der Waals surface area contributed by atoms with Crippen LogP contribution in [0.5, 0.6) is 0 Å². The minimum atomic E-state index is -0.589. The van der Waals surface area contributed by atoms with E-state index in [4.69, 9.17) is 5.73 Å². The summed E-state index contributed by atoms with van der Waals surface area (Å²) in [7, 11) is 0. The van der Waals surface area contributed by atoms with E-state index < -0.39 is 16.8 Å². The molecule has 0 radical (unpaired) electrons. The lowest BCUT2D eigenvalue weighted by Gasteiger charge is -2.29. The summed E-state index contributed by atoms with van der Waals surface area (Å²) in [4.78, 5) is 45.1. The van der Waals surface area contributed by atoms with Crippen molar-refractivity contribution in [3.63, 3.8) is 0 Å². The molecule has 1 aliphatic rings. The number of hydrogen-bond donors (Lipinski definition) is 3. The maximum atomic E-state index is 13.2. The van der Waals surface area contributed by atoms with Crippen LogP contribution < -0.4 is 22.3 Å². The Morgan fingerprint density at radius 1 is 1.30 bits per heavy atom. The lowest BCUT2D eigenvalue weighted by Crippen LogP contribution is -2.51. The van der Waals surface area contributed by atoms with Gasteiger partial charge in [0.2, 0.25) is 0 Å². The Kier molecular flexibility index (Phi) is 9.07. The van der Waals surface area contributed by atoms with Gasteiger partial charge < -0.3 is 11.1 Å². The normalized spacial score (nSPS) is 15.0. The van der Waals surface area contributed by atoms with Crippen LogP contribution in [0.1, 0.15) is 74.8 Å². The van der Waals surface area contributed by atoms with E-state index in [1.807, 2.05) is 20.8 Å². The molecule has 30 heavy (non-hydrogen) atoms. The summed E-state index contributed by atoms with van der Waals surface area (Å²) in [6.07, 6.45) is 4.38. The Labute approximate surface area is 187 Å². The Morgan fingerprint density at radius 3 is 2.47 bits per heavy atom. The minimum Gasteiger partial charge on any atom is -0.345 e. The summed E-state index contributed by atoms with van der Waals surface area (Å²) in [6, 6.07) is 1.66. The second-order valence-corrected chi connectivity index (χ2v) is 8.00. The van der Waals surface area contributed by atoms with Crippen molar-refractivity contribution in [3.8, 4) is 0 Å². The van der Waals surface area contributed by atoms with Crippen molar-refractivity contribution in [3.05, 3.63) is 38.2 Å². The maximum absolute atomic E-state index is 13.2. The van der Waals surface area contributed by atoms with Crippen molar-refractivity contribution < 1.29 is 4.79 Å². The number of carbonyl (C=O) groups excluding carboxylic acids is 1. The highest BCUT2D eigenvalue weighted by Crippen LogP contribution is 2.29. The first kappa shape index (κ1) is 26.1. The topological polar surface area (TPSA) is 123 Å². The van der Waals surface area contributed by atoms with Crippen LogP contribution in [-0.2, 0) is 6.54 Å². The summed E-state index contributed by atoms with van der Waals surface area (Å²) in [5.41, 5.74) is 5.61. The van der Waals surface area contributed by atoms with E-state index in [0.717, 1.165) is 25.7 Å². The molecule has 8 nitrogen and oxygen atoms in total. The Balaban J connectivity index is 0.00000225. The first-order chi connectivity index (χ1) is 13.3. The number of rotatable bonds is 6. The zero-order valence-electron chi connectivity index (χ0n) is 17.6. The van der Waals surface area contributed by atoms with Crippen LogP contribution in [0, 0.1) is 0 Å². The van der Waals surface area contributed by atoms with Gasteiger partial charge in [-0.25, -0.2) is 9.78 Å². The van der Waals surface area contributed by atoms with Crippen LogP contribution in [0.2, 0.25) is 0 Å². The van der Waals surface area contributed by atoms with Gasteiger partial charge in [-0.15, -0.1) is 24.8 Å². The van der Waals surface area contributed by atoms with Crippen LogP contribution >= 0.6 is 24.8 Å². The van der Waals surface area contributed by atoms with Crippen molar-refractivity contribution in [1.82, 2.24) is 19.9 Å². The summed E-state index contributed by atoms with van der Waals surface area (Å²) in [5, 5.41) is 3.23. The molecule has 1 amide bonds. The molecule has 0 atom stereocenters. The van der Waals surface area contributed by atoms with Gasteiger partial charge in [0.15, 0.2) is 5.65 Å². The third kappa shape index (κ3) is 4.87. The predicted molar refractivity (Wildman–Crippen MR) is 123 cm³/mol. The molecule has 0 saturated heterocycles. The van der Waals surface area contributed by atoms with Gasteiger partial charge in [-0.2, -0.15) is 0 Å². The molecule has 2 aromatic heterocycles. The largest absolute Gasteiger partial charge is 0.345 e. The number of aromatic amines is 1. The molecule has 1 saturated carbocycles. The molecule has 4 N–H and O–H groups in total. The van der Waals surface area contributed by atoms with Gasteiger partial charge in [-0.3, -0.25) is 19.1 Å². The van der Waals surface area contributed by atoms with Gasteiger partial charge in [-0.05, 0) is 31.2 Å². The average molecular weight is 460 g/mol. The van der Waals surface area contributed by atoms with Gasteiger partial charge in [0, 0.05) is 18.8 Å². The molecule has 0 bridgehead atoms. The van der Waals surface area contributed by atoms with Crippen LogP contribution in [-0.4, -0.2) is 32.5 Å². The maximum Gasteiger partial charge on any atom is 0.329 e. The smallest absolute Gasteiger partial charge is 0.329 e. The number of H-pyrrole nitrogens is 1. The molecule has 168 valence electrons. The molecule has 0 aliphatic heterocycles. The zero-order valence-corrected chi connectivity index (χ0v) is 19.3. The molecule has 1 fully saturated rings. The van der Waals surface area contributed by atoms with E-state index in [2.05, 4.69) is 15.3 Å². The fourth-order valence-electron chi connectivity index (χ4n) is 3.94. The van der Waals surface area contributed by atoms with E-state index in [1.54, 1.807) is 6.07 Å². The number of aromatic nitrogens is 3. The van der Waals surface area contributed by atoms with Crippen molar-refractivity contribution in [2.45, 2.75) is 70.9 Å². The van der Waals surface area contributed by atoms with E-state index in [1.165, 1.54) is 4.57 Å². The van der Waals surface area contributed by atoms with Crippen molar-refractivity contribution in [2.75, 3.05) is 6.54 Å². The summed E-state index contributed by atoms with van der Waals surface area (Å²) < 4.78 is 1.44. The van der Waals surface area contributed by atoms with Crippen molar-refractivity contribution in [2.24, 2.45) is 5.73 Å². The number of hydrogen-bond acceptors (Lipinski definition) is 5. The van der Waals surface area contributed by atoms with Gasteiger partial charge in [0.05, 0.1) is 16.5 Å². The minimum absolute atomic E-state index is 0. The van der Waals surface area contributed by atoms with Crippen LogP contribution in [0.15, 0.2) is 15.7 Å². The number of carbonyl (C=O) groups is 1. The summed E-state index contributed by atoms with van der Waals surface area (Å²) in [6.45, 7) is 6.63. The molecule has 10 heteroatoms. The van der Waals surface area contributed by atoms with E-state index >= 15 is 0 Å². The van der Waals surface area contributed by atoms with Crippen LogP contribution in [0.3, 0.4) is 0 Å². The fourth-order valence-corrected chi connectivity index (χ4v) is 3.94. The fraction of sp³-hybridized carbons (Fsp3) is 0.600. The van der Waals surface area contributed by atoms with Gasteiger partial charge in [0.25, 0.3) is 11.5 Å². The first-order valence-electron chi connectivity index (χ1n) is 10.0. The third-order valence-electron chi connectivity index (χ3n) is 5.58. The molecule has 3 rings (SSSR count). The summed E-state index contributed by atoms with van der Waals surface area (Å²) >= 11 is 0. The lowest BCUT2D eigenvalue weighted by atomic mass is 9.96. The Hall–Kier alpha value is -1.90. The van der Waals surface area contributed by atoms with Crippen molar-refractivity contribution in [1.29, 1.82) is 0 Å². The van der Waals surface area contributed by atoms with Crippen LogP contribution in [0.4, 0.5) is 0 Å². The summed E-state index contributed by atoms with van der Waals surface area (Å²) in [5.74, 6) is -0.302. The molecule has 0 spiro atoms. The first-order valence-corrected chi connectivity index (χ1v) is 10.0. The molecule has 0 aromatic carbocycles. The van der Waals surface area contributed by atoms with E-state index in [0.29, 0.717) is 25.2 Å². The zero-order chi connectivity index (χ0) is 20.5. The van der Waals surface area contributed by atoms with Gasteiger partial charge in [-0.1, -0.05) is 33.6 Å². The second kappa shape index (κ2) is 10.4.